The van der Waals surface area contributed by atoms with Crippen LogP contribution in [0.15, 0.2) is 24.3 Å². The minimum absolute atomic E-state index is 0.0397. The Morgan fingerprint density at radius 2 is 1.93 bits per heavy atom. The van der Waals surface area contributed by atoms with E-state index in [0.29, 0.717) is 34.8 Å². The van der Waals surface area contributed by atoms with Crippen molar-refractivity contribution >= 4 is 11.9 Å². The fraction of sp³-hybridized carbons (Fsp3) is 0.550. The average Bonchev–Trinajstić information content (AvgIpc) is 3.58. The molecule has 2 aliphatic carbocycles. The van der Waals surface area contributed by atoms with Crippen LogP contribution in [-0.2, 0) is 16.1 Å². The van der Waals surface area contributed by atoms with Gasteiger partial charge in [-0.3, -0.25) is 4.79 Å². The van der Waals surface area contributed by atoms with Gasteiger partial charge >= 0.3 is 5.97 Å². The molecule has 0 radical (unpaired) electrons. The monoisotopic (exact) mass is 383 g/mol. The first-order valence-corrected chi connectivity index (χ1v) is 9.88. The lowest BCUT2D eigenvalue weighted by molar-refractivity contribution is -0.123. The minimum atomic E-state index is -0.394. The third kappa shape index (κ3) is 4.55. The third-order valence-electron chi connectivity index (χ3n) is 5.02. The zero-order valence-electron chi connectivity index (χ0n) is 16.2. The van der Waals surface area contributed by atoms with Gasteiger partial charge in [-0.15, -0.1) is 10.2 Å². The van der Waals surface area contributed by atoms with Crippen molar-refractivity contribution in [3.63, 3.8) is 0 Å². The molecular formula is C20H25N5O3. The summed E-state index contributed by atoms with van der Waals surface area (Å²) < 4.78 is 5.22. The molecule has 0 spiro atoms. The maximum absolute atomic E-state index is 12.4. The fourth-order valence-corrected chi connectivity index (χ4v) is 3.38. The Balaban J connectivity index is 1.40. The Labute approximate surface area is 163 Å². The van der Waals surface area contributed by atoms with E-state index in [0.717, 1.165) is 0 Å². The summed E-state index contributed by atoms with van der Waals surface area (Å²) in [6, 6.07) is 7.20. The zero-order valence-corrected chi connectivity index (χ0v) is 16.2. The summed E-state index contributed by atoms with van der Waals surface area (Å²) >= 11 is 0. The first-order valence-electron chi connectivity index (χ1n) is 9.88. The van der Waals surface area contributed by atoms with E-state index in [1.54, 1.807) is 38.1 Å². The molecule has 0 atom stereocenters. The lowest BCUT2D eigenvalue weighted by atomic mass is 10.1. The van der Waals surface area contributed by atoms with Gasteiger partial charge in [-0.05, 0) is 68.7 Å². The highest BCUT2D eigenvalue weighted by atomic mass is 16.5. The molecule has 1 amide bonds. The van der Waals surface area contributed by atoms with Gasteiger partial charge in [0.2, 0.25) is 11.7 Å². The predicted molar refractivity (Wildman–Crippen MR) is 101 cm³/mol. The van der Waals surface area contributed by atoms with Crippen molar-refractivity contribution in [2.75, 3.05) is 0 Å². The van der Waals surface area contributed by atoms with E-state index in [4.69, 9.17) is 4.74 Å². The fourth-order valence-electron chi connectivity index (χ4n) is 3.38. The summed E-state index contributed by atoms with van der Waals surface area (Å²) in [6.45, 7) is 3.64. The number of rotatable bonds is 8. The van der Waals surface area contributed by atoms with Crippen molar-refractivity contribution in [2.24, 2.45) is 11.8 Å². The summed E-state index contributed by atoms with van der Waals surface area (Å²) in [5.74, 6) is 1.18. The molecule has 1 heterocycles. The standard InChI is InChI=1S/C20H25N5O3/c1-12(2)28-20(27)16-5-3-4-15(10-16)19-22-24-25(23-19)11-17(26)21-18(13-6-7-13)14-8-9-14/h3-5,10,12-14,18H,6-9,11H2,1-2H3,(H,21,26). The van der Waals surface area contributed by atoms with Gasteiger partial charge in [0, 0.05) is 11.6 Å². The normalized spacial score (nSPS) is 16.4. The SMILES string of the molecule is CC(C)OC(=O)c1cccc(-c2nnn(CC(=O)NC(C3CC3)C3CC3)n2)c1. The highest BCUT2D eigenvalue weighted by Gasteiger charge is 2.42. The third-order valence-corrected chi connectivity index (χ3v) is 5.02. The Morgan fingerprint density at radius 3 is 2.57 bits per heavy atom. The largest absolute Gasteiger partial charge is 0.459 e. The van der Waals surface area contributed by atoms with Gasteiger partial charge in [-0.2, -0.15) is 4.80 Å². The molecule has 28 heavy (non-hydrogen) atoms. The summed E-state index contributed by atoms with van der Waals surface area (Å²) in [4.78, 5) is 25.7. The molecule has 1 aromatic carbocycles. The van der Waals surface area contributed by atoms with E-state index in [2.05, 4.69) is 20.7 Å². The number of nitrogens with zero attached hydrogens (tertiary/aromatic N) is 4. The number of ether oxygens (including phenoxy) is 1. The van der Waals surface area contributed by atoms with E-state index in [-0.39, 0.29) is 18.6 Å². The van der Waals surface area contributed by atoms with E-state index >= 15 is 0 Å². The molecule has 0 saturated heterocycles. The number of hydrogen-bond acceptors (Lipinski definition) is 6. The molecule has 0 aliphatic heterocycles. The summed E-state index contributed by atoms with van der Waals surface area (Å²) in [7, 11) is 0. The Morgan fingerprint density at radius 1 is 1.21 bits per heavy atom. The van der Waals surface area contributed by atoms with E-state index in [1.165, 1.54) is 30.5 Å². The molecule has 8 heteroatoms. The van der Waals surface area contributed by atoms with Gasteiger partial charge in [-0.25, -0.2) is 4.79 Å². The number of tetrazole rings is 1. The second-order valence-electron chi connectivity index (χ2n) is 7.95. The van der Waals surface area contributed by atoms with Crippen molar-refractivity contribution in [3.05, 3.63) is 29.8 Å². The minimum Gasteiger partial charge on any atom is -0.459 e. The Hall–Kier alpha value is -2.77. The quantitative estimate of drug-likeness (QED) is 0.702. The number of benzene rings is 1. The first kappa shape index (κ1) is 18.6. The van der Waals surface area contributed by atoms with Gasteiger partial charge in [0.05, 0.1) is 11.7 Å². The molecule has 0 unspecified atom stereocenters. The number of aromatic nitrogens is 4. The average molecular weight is 383 g/mol. The van der Waals surface area contributed by atoms with Crippen LogP contribution in [0.3, 0.4) is 0 Å². The maximum Gasteiger partial charge on any atom is 0.338 e. The molecule has 0 bridgehead atoms. The number of nitrogens with one attached hydrogen (secondary N) is 1. The van der Waals surface area contributed by atoms with Crippen molar-refractivity contribution in [2.45, 2.75) is 58.2 Å². The second kappa shape index (κ2) is 7.69. The maximum atomic E-state index is 12.4. The van der Waals surface area contributed by atoms with Crippen LogP contribution < -0.4 is 5.32 Å². The Bertz CT molecular complexity index is 858. The van der Waals surface area contributed by atoms with Crippen LogP contribution in [-0.4, -0.2) is 44.2 Å². The van der Waals surface area contributed by atoms with Crippen LogP contribution >= 0.6 is 0 Å². The highest BCUT2D eigenvalue weighted by molar-refractivity contribution is 5.90. The van der Waals surface area contributed by atoms with Crippen LogP contribution in [0.5, 0.6) is 0 Å². The predicted octanol–water partition coefficient (Wildman–Crippen LogP) is 2.21. The van der Waals surface area contributed by atoms with Crippen molar-refractivity contribution < 1.29 is 14.3 Å². The topological polar surface area (TPSA) is 99.0 Å². The lowest BCUT2D eigenvalue weighted by Gasteiger charge is -2.17. The van der Waals surface area contributed by atoms with Crippen molar-refractivity contribution in [1.82, 2.24) is 25.5 Å². The van der Waals surface area contributed by atoms with Crippen LogP contribution in [0.25, 0.3) is 11.4 Å². The first-order chi connectivity index (χ1) is 13.5. The van der Waals surface area contributed by atoms with E-state index < -0.39 is 5.97 Å². The van der Waals surface area contributed by atoms with Crippen molar-refractivity contribution in [3.8, 4) is 11.4 Å². The molecule has 1 N–H and O–H groups in total. The number of amides is 1. The summed E-state index contributed by atoms with van der Waals surface area (Å²) in [5.41, 5.74) is 1.08. The molecule has 2 saturated carbocycles. The van der Waals surface area contributed by atoms with Gasteiger partial charge in [0.1, 0.15) is 6.54 Å². The molecule has 2 fully saturated rings. The number of esters is 1. The number of carbonyl (C=O) groups is 2. The summed E-state index contributed by atoms with van der Waals surface area (Å²) in [5, 5.41) is 15.5. The molecule has 148 valence electrons. The van der Waals surface area contributed by atoms with Crippen LogP contribution in [0.2, 0.25) is 0 Å². The van der Waals surface area contributed by atoms with Crippen LogP contribution in [0, 0.1) is 11.8 Å². The van der Waals surface area contributed by atoms with Gasteiger partial charge in [0.25, 0.3) is 0 Å². The van der Waals surface area contributed by atoms with Crippen LogP contribution in [0.1, 0.15) is 49.9 Å². The molecular weight excluding hydrogens is 358 g/mol. The van der Waals surface area contributed by atoms with Crippen LogP contribution in [0.4, 0.5) is 0 Å². The zero-order chi connectivity index (χ0) is 19.7. The highest BCUT2D eigenvalue weighted by Crippen LogP contribution is 2.44. The summed E-state index contributed by atoms with van der Waals surface area (Å²) in [6.07, 6.45) is 4.65. The van der Waals surface area contributed by atoms with Gasteiger partial charge < -0.3 is 10.1 Å². The van der Waals surface area contributed by atoms with Gasteiger partial charge in [-0.1, -0.05) is 12.1 Å². The van der Waals surface area contributed by atoms with E-state index in [1.807, 2.05) is 0 Å². The number of hydrogen-bond donors (Lipinski definition) is 1. The Kier molecular flexibility index (Phi) is 5.11. The molecule has 2 aliphatic rings. The van der Waals surface area contributed by atoms with Gasteiger partial charge in [0.15, 0.2) is 0 Å². The van der Waals surface area contributed by atoms with Crippen molar-refractivity contribution in [1.29, 1.82) is 0 Å². The smallest absolute Gasteiger partial charge is 0.338 e. The van der Waals surface area contributed by atoms with E-state index in [9.17, 15) is 9.59 Å². The lowest BCUT2D eigenvalue weighted by Crippen LogP contribution is -2.40. The molecule has 8 nitrogen and oxygen atoms in total. The second-order valence-corrected chi connectivity index (χ2v) is 7.95. The molecule has 1 aromatic heterocycles. The molecule has 4 rings (SSSR count). The molecule has 2 aromatic rings. The number of carbonyl (C=O) groups excluding carboxylic acids is 2.